The molecule has 3 aliphatic heterocycles. The van der Waals surface area contributed by atoms with Gasteiger partial charge in [0, 0.05) is 32.2 Å². The fourth-order valence-corrected chi connectivity index (χ4v) is 3.21. The zero-order valence-corrected chi connectivity index (χ0v) is 18.5. The molecule has 4 rings (SSSR count). The van der Waals surface area contributed by atoms with Crippen LogP contribution in [0.5, 0.6) is 0 Å². The average Bonchev–Trinajstić information content (AvgIpc) is 3.38. The molecule has 0 radical (unpaired) electrons. The fourth-order valence-electron chi connectivity index (χ4n) is 3.21. The molecule has 0 aromatic carbocycles. The zero-order chi connectivity index (χ0) is 19.2. The summed E-state index contributed by atoms with van der Waals surface area (Å²) < 4.78 is 0. The van der Waals surface area contributed by atoms with Gasteiger partial charge in [0.25, 0.3) is 0 Å². The number of nitrogens with zero attached hydrogens (tertiary/aromatic N) is 4. The number of likely N-dealkylation sites (tertiary alicyclic amines) is 2. The molecule has 0 aromatic heterocycles. The molecule has 1 N–H and O–H groups in total. The highest BCUT2D eigenvalue weighted by atomic mass is 15.2. The van der Waals surface area contributed by atoms with Gasteiger partial charge in [0.15, 0.2) is 0 Å². The molecule has 4 fully saturated rings. The van der Waals surface area contributed by atoms with Crippen LogP contribution in [0.3, 0.4) is 0 Å². The molecule has 0 spiro atoms. The summed E-state index contributed by atoms with van der Waals surface area (Å²) in [6.45, 7) is 10.2. The van der Waals surface area contributed by atoms with Crippen LogP contribution in [0.2, 0.25) is 0 Å². The van der Waals surface area contributed by atoms with E-state index < -0.39 is 0 Å². The van der Waals surface area contributed by atoms with Crippen LogP contribution in [0.15, 0.2) is 0 Å². The van der Waals surface area contributed by atoms with Crippen molar-refractivity contribution in [1.29, 1.82) is 0 Å². The first kappa shape index (κ1) is 33.4. The van der Waals surface area contributed by atoms with Crippen molar-refractivity contribution in [2.24, 2.45) is 0 Å². The molecule has 3 saturated heterocycles. The van der Waals surface area contributed by atoms with E-state index >= 15 is 0 Å². The molecule has 0 amide bonds. The fraction of sp³-hybridized carbons (Fsp3) is 1.00. The summed E-state index contributed by atoms with van der Waals surface area (Å²) >= 11 is 0. The first-order chi connectivity index (χ1) is 12.5. The lowest BCUT2D eigenvalue weighted by Gasteiger charge is -2.28. The second-order valence-electron chi connectivity index (χ2n) is 8.54. The third kappa shape index (κ3) is 20.8. The molecule has 5 heteroatoms. The number of hydrogen-bond acceptors (Lipinski definition) is 5. The average molecular weight is 418 g/mol. The van der Waals surface area contributed by atoms with Crippen molar-refractivity contribution in [2.75, 3.05) is 87.6 Å². The molecule has 3 heterocycles. The van der Waals surface area contributed by atoms with Crippen molar-refractivity contribution in [3.05, 3.63) is 0 Å². The molecule has 0 unspecified atom stereocenters. The standard InChI is InChI=1S/C6H14N2.C6H13N.C5H11N.C4H9N.3CH4/c1-7-3-5-8(2)6-4-7;1-7-5-3-2-4-6-7;1-6-4-2-3-5-6;1-5-4-2-3-4;;;/h3-6H2,1-2H3;2-6H2,1H3;2-5H2,1H3;4-5H,2-3H2,1H3;3*1H4. The number of rotatable bonds is 1. The van der Waals surface area contributed by atoms with Crippen molar-refractivity contribution in [2.45, 2.75) is 73.3 Å². The monoisotopic (exact) mass is 417 g/mol. The molecular weight excluding hydrogens is 358 g/mol. The number of hydrogen-bond donors (Lipinski definition) is 1. The van der Waals surface area contributed by atoms with Gasteiger partial charge in [0.2, 0.25) is 0 Å². The highest BCUT2D eigenvalue weighted by Gasteiger charge is 2.17. The van der Waals surface area contributed by atoms with Gasteiger partial charge in [-0.05, 0) is 99.9 Å². The molecule has 29 heavy (non-hydrogen) atoms. The molecular formula is C24H59N5. The highest BCUT2D eigenvalue weighted by Crippen LogP contribution is 2.17. The minimum Gasteiger partial charge on any atom is -0.317 e. The molecule has 0 bridgehead atoms. The quantitative estimate of drug-likeness (QED) is 0.696. The summed E-state index contributed by atoms with van der Waals surface area (Å²) in [5, 5.41) is 3.14. The van der Waals surface area contributed by atoms with Crippen LogP contribution in [0.4, 0.5) is 0 Å². The van der Waals surface area contributed by atoms with Crippen LogP contribution in [0.1, 0.15) is 67.2 Å². The van der Waals surface area contributed by atoms with Crippen molar-refractivity contribution in [3.8, 4) is 0 Å². The maximum absolute atomic E-state index is 3.14. The second-order valence-corrected chi connectivity index (χ2v) is 8.54. The van der Waals surface area contributed by atoms with Gasteiger partial charge >= 0.3 is 0 Å². The van der Waals surface area contributed by atoms with Gasteiger partial charge in [-0.25, -0.2) is 0 Å². The third-order valence-corrected chi connectivity index (χ3v) is 5.62. The van der Waals surface area contributed by atoms with E-state index in [0.717, 1.165) is 6.04 Å². The van der Waals surface area contributed by atoms with E-state index in [2.05, 4.69) is 53.1 Å². The van der Waals surface area contributed by atoms with Gasteiger partial charge in [-0.2, -0.15) is 0 Å². The summed E-state index contributed by atoms with van der Waals surface area (Å²) in [6, 6.07) is 0.884. The first-order valence-electron chi connectivity index (χ1n) is 10.9. The Morgan fingerprint density at radius 3 is 0.897 bits per heavy atom. The van der Waals surface area contributed by atoms with Gasteiger partial charge in [-0.3, -0.25) is 0 Å². The normalized spacial score (nSPS) is 22.7. The maximum atomic E-state index is 3.14. The number of likely N-dealkylation sites (N-methyl/N-ethyl adjacent to an activating group) is 2. The van der Waals surface area contributed by atoms with Crippen molar-refractivity contribution in [1.82, 2.24) is 24.9 Å². The Balaban J connectivity index is -0.000000304. The van der Waals surface area contributed by atoms with Crippen LogP contribution in [-0.2, 0) is 0 Å². The van der Waals surface area contributed by atoms with Crippen LogP contribution in [-0.4, -0.2) is 113 Å². The molecule has 5 nitrogen and oxygen atoms in total. The predicted molar refractivity (Wildman–Crippen MR) is 135 cm³/mol. The lowest BCUT2D eigenvalue weighted by atomic mass is 10.1. The van der Waals surface area contributed by atoms with Crippen LogP contribution in [0, 0.1) is 0 Å². The summed E-state index contributed by atoms with van der Waals surface area (Å²) in [5.74, 6) is 0. The van der Waals surface area contributed by atoms with E-state index in [-0.39, 0.29) is 22.3 Å². The van der Waals surface area contributed by atoms with Gasteiger partial charge in [0.05, 0.1) is 0 Å². The molecule has 1 aliphatic carbocycles. The van der Waals surface area contributed by atoms with E-state index in [9.17, 15) is 0 Å². The molecule has 0 aromatic rings. The zero-order valence-electron chi connectivity index (χ0n) is 18.5. The highest BCUT2D eigenvalue weighted by molar-refractivity contribution is 4.78. The molecule has 180 valence electrons. The topological polar surface area (TPSA) is 25.0 Å². The van der Waals surface area contributed by atoms with Crippen LogP contribution in [0.25, 0.3) is 0 Å². The summed E-state index contributed by atoms with van der Waals surface area (Å²) in [5.41, 5.74) is 0. The first-order valence-corrected chi connectivity index (χ1v) is 10.9. The smallest absolute Gasteiger partial charge is 0.0107 e. The van der Waals surface area contributed by atoms with Gasteiger partial charge in [-0.15, -0.1) is 0 Å². The van der Waals surface area contributed by atoms with E-state index in [1.54, 1.807) is 0 Å². The number of piperazine rings is 1. The van der Waals surface area contributed by atoms with E-state index in [4.69, 9.17) is 0 Å². The Kier molecular flexibility index (Phi) is 24.3. The van der Waals surface area contributed by atoms with Crippen LogP contribution >= 0.6 is 0 Å². The summed E-state index contributed by atoms with van der Waals surface area (Å²) in [6.07, 6.45) is 9.90. The maximum Gasteiger partial charge on any atom is 0.0107 e. The van der Waals surface area contributed by atoms with Gasteiger partial charge in [0.1, 0.15) is 0 Å². The summed E-state index contributed by atoms with van der Waals surface area (Å²) in [7, 11) is 10.7. The molecule has 1 saturated carbocycles. The molecule has 4 aliphatic rings. The Hall–Kier alpha value is -0.200. The lowest BCUT2D eigenvalue weighted by Crippen LogP contribution is -2.42. The Bertz CT molecular complexity index is 292. The minimum atomic E-state index is 0. The largest absolute Gasteiger partial charge is 0.317 e. The van der Waals surface area contributed by atoms with Crippen molar-refractivity contribution in [3.63, 3.8) is 0 Å². The lowest BCUT2D eigenvalue weighted by molar-refractivity contribution is 0.181. The number of nitrogens with one attached hydrogen (secondary N) is 1. The van der Waals surface area contributed by atoms with E-state index in [1.807, 2.05) is 7.05 Å². The van der Waals surface area contributed by atoms with Crippen molar-refractivity contribution < 1.29 is 0 Å². The van der Waals surface area contributed by atoms with E-state index in [1.165, 1.54) is 97.3 Å². The summed E-state index contributed by atoms with van der Waals surface area (Å²) in [4.78, 5) is 9.48. The van der Waals surface area contributed by atoms with E-state index in [0.29, 0.717) is 0 Å². The Labute approximate surface area is 186 Å². The van der Waals surface area contributed by atoms with Crippen LogP contribution < -0.4 is 5.32 Å². The Morgan fingerprint density at radius 2 is 0.759 bits per heavy atom. The van der Waals surface area contributed by atoms with Gasteiger partial charge in [-0.1, -0.05) is 28.7 Å². The number of piperidine rings is 1. The second kappa shape index (κ2) is 21.0. The third-order valence-electron chi connectivity index (χ3n) is 5.62. The Morgan fingerprint density at radius 1 is 0.483 bits per heavy atom. The molecule has 0 atom stereocenters. The van der Waals surface area contributed by atoms with Crippen molar-refractivity contribution >= 4 is 0 Å². The SMILES string of the molecule is C.C.C.CN1CCCC1.CN1CCCCC1.CN1CCN(C)CC1.CNC1CC1. The minimum absolute atomic E-state index is 0. The van der Waals surface area contributed by atoms with Gasteiger partial charge < -0.3 is 24.9 Å². The predicted octanol–water partition coefficient (Wildman–Crippen LogP) is 3.95.